The molecule has 2 aromatic rings. The highest BCUT2D eigenvalue weighted by atomic mass is 79.9. The number of thiophene rings is 2. The van der Waals surface area contributed by atoms with Crippen molar-refractivity contribution in [1.82, 2.24) is 0 Å². The molecule has 5 heteroatoms. The second-order valence-electron chi connectivity index (χ2n) is 2.71. The molecule has 0 fully saturated rings. The Kier molecular flexibility index (Phi) is 3.29. The Balaban J connectivity index is 2.28. The fraction of sp³-hybridized carbons (Fsp3) is 0.111. The normalized spacial score (nSPS) is 13.1. The lowest BCUT2D eigenvalue weighted by atomic mass is 10.2. The van der Waals surface area contributed by atoms with Gasteiger partial charge in [0.1, 0.15) is 6.10 Å². The zero-order chi connectivity index (χ0) is 10.1. The van der Waals surface area contributed by atoms with Crippen LogP contribution in [0, 0.1) is 0 Å². The summed E-state index contributed by atoms with van der Waals surface area (Å²) in [5.74, 6) is 0. The van der Waals surface area contributed by atoms with Crippen molar-refractivity contribution < 1.29 is 5.11 Å². The number of halogens is 2. The van der Waals surface area contributed by atoms with Crippen LogP contribution in [0.1, 0.15) is 15.9 Å². The van der Waals surface area contributed by atoms with Gasteiger partial charge in [-0.3, -0.25) is 0 Å². The molecule has 0 amide bonds. The SMILES string of the molecule is OC(c1cc(Br)cs1)c1ccc(Cl)s1. The van der Waals surface area contributed by atoms with Gasteiger partial charge in [-0.1, -0.05) is 11.6 Å². The van der Waals surface area contributed by atoms with Gasteiger partial charge in [0, 0.05) is 19.6 Å². The van der Waals surface area contributed by atoms with Crippen LogP contribution in [0.5, 0.6) is 0 Å². The summed E-state index contributed by atoms with van der Waals surface area (Å²) in [6, 6.07) is 5.57. The van der Waals surface area contributed by atoms with Crippen molar-refractivity contribution in [3.05, 3.63) is 42.1 Å². The summed E-state index contributed by atoms with van der Waals surface area (Å²) in [7, 11) is 0. The van der Waals surface area contributed by atoms with Gasteiger partial charge in [-0.2, -0.15) is 0 Å². The van der Waals surface area contributed by atoms with Gasteiger partial charge in [0.25, 0.3) is 0 Å². The lowest BCUT2D eigenvalue weighted by molar-refractivity contribution is 0.228. The fourth-order valence-electron chi connectivity index (χ4n) is 1.09. The van der Waals surface area contributed by atoms with Gasteiger partial charge in [-0.25, -0.2) is 0 Å². The van der Waals surface area contributed by atoms with E-state index >= 15 is 0 Å². The number of hydrogen-bond donors (Lipinski definition) is 1. The molecule has 0 aliphatic heterocycles. The molecule has 0 spiro atoms. The Labute approximate surface area is 103 Å². The molecule has 0 bridgehead atoms. The average molecular weight is 310 g/mol. The highest BCUT2D eigenvalue weighted by molar-refractivity contribution is 9.10. The first-order valence-corrected chi connectivity index (χ1v) is 6.71. The summed E-state index contributed by atoms with van der Waals surface area (Å²) in [5, 5.41) is 11.9. The molecule has 0 aliphatic rings. The summed E-state index contributed by atoms with van der Waals surface area (Å²) < 4.78 is 1.70. The fourth-order valence-corrected chi connectivity index (χ4v) is 3.67. The third-order valence-corrected chi connectivity index (χ3v) is 4.75. The quantitative estimate of drug-likeness (QED) is 0.876. The third-order valence-electron chi connectivity index (χ3n) is 1.72. The Morgan fingerprint density at radius 2 is 2.14 bits per heavy atom. The molecule has 0 saturated carbocycles. The van der Waals surface area contributed by atoms with Gasteiger partial charge in [0.2, 0.25) is 0 Å². The van der Waals surface area contributed by atoms with Crippen LogP contribution < -0.4 is 0 Å². The van der Waals surface area contributed by atoms with E-state index in [9.17, 15) is 5.11 Å². The molecule has 1 atom stereocenters. The zero-order valence-electron chi connectivity index (χ0n) is 6.91. The predicted molar refractivity (Wildman–Crippen MR) is 65.4 cm³/mol. The van der Waals surface area contributed by atoms with Crippen LogP contribution in [0.3, 0.4) is 0 Å². The number of rotatable bonds is 2. The van der Waals surface area contributed by atoms with Crippen LogP contribution in [0.25, 0.3) is 0 Å². The molecule has 1 N–H and O–H groups in total. The first-order valence-electron chi connectivity index (χ1n) is 3.84. The number of aliphatic hydroxyl groups excluding tert-OH is 1. The molecule has 14 heavy (non-hydrogen) atoms. The van der Waals surface area contributed by atoms with Gasteiger partial charge in [-0.15, -0.1) is 22.7 Å². The molecule has 1 unspecified atom stereocenters. The summed E-state index contributed by atoms with van der Waals surface area (Å²) in [6.07, 6.45) is -0.552. The monoisotopic (exact) mass is 308 g/mol. The molecule has 2 aromatic heterocycles. The molecule has 1 nitrogen and oxygen atoms in total. The average Bonchev–Trinajstić information content (AvgIpc) is 2.73. The van der Waals surface area contributed by atoms with Crippen molar-refractivity contribution in [2.75, 3.05) is 0 Å². The summed E-state index contributed by atoms with van der Waals surface area (Å²) >= 11 is 12.1. The highest BCUT2D eigenvalue weighted by Crippen LogP contribution is 2.34. The smallest absolute Gasteiger partial charge is 0.122 e. The van der Waals surface area contributed by atoms with Crippen LogP contribution in [0.2, 0.25) is 4.34 Å². The topological polar surface area (TPSA) is 20.2 Å². The van der Waals surface area contributed by atoms with E-state index in [0.717, 1.165) is 14.2 Å². The maximum Gasteiger partial charge on any atom is 0.122 e. The summed E-state index contributed by atoms with van der Waals surface area (Å²) in [6.45, 7) is 0. The van der Waals surface area contributed by atoms with Crippen LogP contribution >= 0.6 is 50.2 Å². The number of hydrogen-bond acceptors (Lipinski definition) is 3. The van der Waals surface area contributed by atoms with E-state index in [1.807, 2.05) is 17.5 Å². The third kappa shape index (κ3) is 2.20. The van der Waals surface area contributed by atoms with Gasteiger partial charge < -0.3 is 5.11 Å². The molecule has 74 valence electrons. The van der Waals surface area contributed by atoms with Crippen LogP contribution in [0.15, 0.2) is 28.1 Å². The zero-order valence-corrected chi connectivity index (χ0v) is 10.9. The first kappa shape index (κ1) is 10.6. The lowest BCUT2D eigenvalue weighted by Crippen LogP contribution is -1.92. The van der Waals surface area contributed by atoms with Crippen molar-refractivity contribution >= 4 is 50.2 Å². The first-order chi connectivity index (χ1) is 6.66. The van der Waals surface area contributed by atoms with E-state index in [4.69, 9.17) is 11.6 Å². The van der Waals surface area contributed by atoms with E-state index in [1.165, 1.54) is 22.7 Å². The minimum atomic E-state index is -0.552. The Morgan fingerprint density at radius 1 is 1.36 bits per heavy atom. The van der Waals surface area contributed by atoms with E-state index in [-0.39, 0.29) is 0 Å². The largest absolute Gasteiger partial charge is 0.382 e. The highest BCUT2D eigenvalue weighted by Gasteiger charge is 2.14. The van der Waals surface area contributed by atoms with Crippen LogP contribution in [-0.2, 0) is 0 Å². The van der Waals surface area contributed by atoms with Crippen molar-refractivity contribution in [2.24, 2.45) is 0 Å². The van der Waals surface area contributed by atoms with Crippen LogP contribution in [0.4, 0.5) is 0 Å². The lowest BCUT2D eigenvalue weighted by Gasteiger charge is -2.04. The van der Waals surface area contributed by atoms with Crippen molar-refractivity contribution in [1.29, 1.82) is 0 Å². The maximum atomic E-state index is 9.96. The molecule has 2 rings (SSSR count). The maximum absolute atomic E-state index is 9.96. The van der Waals surface area contributed by atoms with E-state index < -0.39 is 6.10 Å². The minimum Gasteiger partial charge on any atom is -0.382 e. The summed E-state index contributed by atoms with van der Waals surface area (Å²) in [4.78, 5) is 1.81. The van der Waals surface area contributed by atoms with Crippen molar-refractivity contribution in [3.8, 4) is 0 Å². The Morgan fingerprint density at radius 3 is 2.64 bits per heavy atom. The predicted octanol–water partition coefficient (Wildman–Crippen LogP) is 4.31. The van der Waals surface area contributed by atoms with Crippen LogP contribution in [-0.4, -0.2) is 5.11 Å². The van der Waals surface area contributed by atoms with Gasteiger partial charge in [0.05, 0.1) is 4.34 Å². The van der Waals surface area contributed by atoms with E-state index in [0.29, 0.717) is 4.34 Å². The van der Waals surface area contributed by atoms with Crippen molar-refractivity contribution in [3.63, 3.8) is 0 Å². The standard InChI is InChI=1S/C9H6BrClOS2/c10-5-3-7(13-4-5)9(12)6-1-2-8(11)14-6/h1-4,9,12H. The molecule has 0 aromatic carbocycles. The van der Waals surface area contributed by atoms with Crippen molar-refractivity contribution in [2.45, 2.75) is 6.10 Å². The summed E-state index contributed by atoms with van der Waals surface area (Å²) in [5.41, 5.74) is 0. The Hall–Kier alpha value is 0.130. The molecular weight excluding hydrogens is 304 g/mol. The minimum absolute atomic E-state index is 0.552. The molecular formula is C9H6BrClOS2. The van der Waals surface area contributed by atoms with E-state index in [1.54, 1.807) is 6.07 Å². The molecule has 0 radical (unpaired) electrons. The second-order valence-corrected chi connectivity index (χ2v) is 6.32. The Bertz CT molecular complexity index is 397. The van der Waals surface area contributed by atoms with Gasteiger partial charge >= 0.3 is 0 Å². The molecule has 0 aliphatic carbocycles. The van der Waals surface area contributed by atoms with Gasteiger partial charge in [0.15, 0.2) is 0 Å². The van der Waals surface area contributed by atoms with Gasteiger partial charge in [-0.05, 0) is 34.1 Å². The molecule has 2 heterocycles. The number of aliphatic hydroxyl groups is 1. The van der Waals surface area contributed by atoms with E-state index in [2.05, 4.69) is 15.9 Å². The second kappa shape index (κ2) is 4.33. The molecule has 0 saturated heterocycles.